The molecule has 1 nitrogen and oxygen atoms in total. The number of halogens is 3. The molecular weight excluding hydrogens is 385 g/mol. The van der Waals surface area contributed by atoms with Crippen LogP contribution >= 0.6 is 0 Å². The lowest BCUT2D eigenvalue weighted by Crippen LogP contribution is -2.11. The normalized spacial score (nSPS) is 12.4. The summed E-state index contributed by atoms with van der Waals surface area (Å²) in [4.78, 5) is 0. The number of allylic oxidation sites excluding steroid dienone is 4. The summed E-state index contributed by atoms with van der Waals surface area (Å²) < 4.78 is 49.6. The van der Waals surface area contributed by atoms with Gasteiger partial charge in [0.2, 0.25) is 5.82 Å². The van der Waals surface area contributed by atoms with Crippen molar-refractivity contribution in [3.63, 3.8) is 0 Å². The fraction of sp³-hybridized carbons (Fsp3) is 0.308. The summed E-state index contributed by atoms with van der Waals surface area (Å²) >= 11 is 0. The molecule has 30 heavy (non-hydrogen) atoms. The third kappa shape index (κ3) is 4.53. The summed E-state index contributed by atoms with van der Waals surface area (Å²) in [5.41, 5.74) is 3.84. The molecule has 0 N–H and O–H groups in total. The molecule has 2 aromatic rings. The molecule has 1 heterocycles. The molecule has 0 aromatic heterocycles. The van der Waals surface area contributed by atoms with Gasteiger partial charge in [-0.3, -0.25) is 0 Å². The van der Waals surface area contributed by atoms with Crippen molar-refractivity contribution in [3.05, 3.63) is 94.4 Å². The molecular formula is C26H27F3O. The fourth-order valence-corrected chi connectivity index (χ4v) is 3.53. The maximum atomic E-state index is 15.1. The molecule has 158 valence electrons. The second-order valence-electron chi connectivity index (χ2n) is 7.71. The fourth-order valence-electron chi connectivity index (χ4n) is 3.53. The van der Waals surface area contributed by atoms with E-state index in [0.29, 0.717) is 54.4 Å². The van der Waals surface area contributed by atoms with Crippen LogP contribution in [0.4, 0.5) is 13.2 Å². The molecule has 2 aromatic carbocycles. The van der Waals surface area contributed by atoms with Gasteiger partial charge < -0.3 is 4.74 Å². The number of hydrogen-bond acceptors (Lipinski definition) is 1. The van der Waals surface area contributed by atoms with Gasteiger partial charge in [-0.25, -0.2) is 8.78 Å². The first kappa shape index (κ1) is 21.9. The topological polar surface area (TPSA) is 9.23 Å². The number of fused-ring (bicyclic) bond motifs is 2. The van der Waals surface area contributed by atoms with Crippen molar-refractivity contribution < 1.29 is 17.9 Å². The number of benzene rings is 2. The highest BCUT2D eigenvalue weighted by Gasteiger charge is 2.28. The Morgan fingerprint density at radius 1 is 0.900 bits per heavy atom. The van der Waals surface area contributed by atoms with Gasteiger partial charge in [0.25, 0.3) is 0 Å². The molecule has 0 unspecified atom stereocenters. The lowest BCUT2D eigenvalue weighted by molar-refractivity contribution is 0.377. The quantitative estimate of drug-likeness (QED) is 0.344. The molecule has 0 spiro atoms. The van der Waals surface area contributed by atoms with E-state index in [0.717, 1.165) is 17.6 Å². The van der Waals surface area contributed by atoms with Gasteiger partial charge in [-0.15, -0.1) is 0 Å². The molecule has 0 fully saturated rings. The molecule has 3 rings (SSSR count). The summed E-state index contributed by atoms with van der Waals surface area (Å²) in [7, 11) is 0. The van der Waals surface area contributed by atoms with E-state index < -0.39 is 17.5 Å². The van der Waals surface area contributed by atoms with E-state index >= 15 is 4.39 Å². The van der Waals surface area contributed by atoms with Crippen LogP contribution < -0.4 is 4.74 Å². The van der Waals surface area contributed by atoms with Gasteiger partial charge in [-0.1, -0.05) is 68.9 Å². The first-order valence-electron chi connectivity index (χ1n) is 10.4. The first-order valence-corrected chi connectivity index (χ1v) is 10.4. The average Bonchev–Trinajstić information content (AvgIpc) is 2.74. The Bertz CT molecular complexity index is 1020. The Labute approximate surface area is 176 Å². The van der Waals surface area contributed by atoms with Crippen LogP contribution in [0.5, 0.6) is 11.5 Å². The van der Waals surface area contributed by atoms with Crippen LogP contribution in [-0.2, 0) is 19.3 Å². The summed E-state index contributed by atoms with van der Waals surface area (Å²) in [6, 6.07) is 5.17. The molecule has 0 amide bonds. The van der Waals surface area contributed by atoms with Gasteiger partial charge in [0.05, 0.1) is 0 Å². The van der Waals surface area contributed by atoms with Crippen LogP contribution in [-0.4, -0.2) is 0 Å². The number of aryl methyl sites for hydroxylation is 2. The summed E-state index contributed by atoms with van der Waals surface area (Å²) in [6.45, 7) is 11.8. The highest BCUT2D eigenvalue weighted by molar-refractivity contribution is 5.53. The van der Waals surface area contributed by atoms with Gasteiger partial charge in [0.15, 0.2) is 23.1 Å². The highest BCUT2D eigenvalue weighted by atomic mass is 19.2. The minimum Gasteiger partial charge on any atom is -0.450 e. The lowest BCUT2D eigenvalue weighted by Gasteiger charge is -2.23. The predicted octanol–water partition coefficient (Wildman–Crippen LogP) is 7.76. The zero-order chi connectivity index (χ0) is 21.8. The van der Waals surface area contributed by atoms with Crippen LogP contribution in [0.3, 0.4) is 0 Å². The Morgan fingerprint density at radius 2 is 1.60 bits per heavy atom. The molecule has 4 heteroatoms. The third-order valence-electron chi connectivity index (χ3n) is 5.40. The van der Waals surface area contributed by atoms with Gasteiger partial charge in [0, 0.05) is 17.5 Å². The second-order valence-corrected chi connectivity index (χ2v) is 7.71. The molecule has 0 radical (unpaired) electrons. The Balaban J connectivity index is 1.81. The Hall–Kier alpha value is -2.75. The molecule has 0 bridgehead atoms. The number of hydrogen-bond donors (Lipinski definition) is 0. The van der Waals surface area contributed by atoms with Crippen molar-refractivity contribution in [2.24, 2.45) is 0 Å². The van der Waals surface area contributed by atoms with Crippen molar-refractivity contribution in [3.8, 4) is 11.5 Å². The van der Waals surface area contributed by atoms with Crippen molar-refractivity contribution in [2.45, 2.75) is 52.4 Å². The van der Waals surface area contributed by atoms with E-state index in [1.54, 1.807) is 18.2 Å². The predicted molar refractivity (Wildman–Crippen MR) is 116 cm³/mol. The highest BCUT2D eigenvalue weighted by Crippen LogP contribution is 2.42. The monoisotopic (exact) mass is 412 g/mol. The van der Waals surface area contributed by atoms with Crippen molar-refractivity contribution >= 4 is 0 Å². The average molecular weight is 412 g/mol. The van der Waals surface area contributed by atoms with E-state index in [-0.39, 0.29) is 11.5 Å². The van der Waals surface area contributed by atoms with E-state index in [2.05, 4.69) is 13.2 Å². The number of rotatable bonds is 8. The zero-order valence-electron chi connectivity index (χ0n) is 17.6. The molecule has 1 aliphatic heterocycles. The SMILES string of the molecule is C=C(/C=C\C(=C)CCc1ccc2c(c1F)Oc1c(cc(CCC)c(F)c1F)C2)CC. The van der Waals surface area contributed by atoms with E-state index in [4.69, 9.17) is 4.74 Å². The van der Waals surface area contributed by atoms with Crippen molar-refractivity contribution in [1.82, 2.24) is 0 Å². The Kier molecular flexibility index (Phi) is 6.86. The largest absolute Gasteiger partial charge is 0.450 e. The maximum Gasteiger partial charge on any atom is 0.201 e. The Morgan fingerprint density at radius 3 is 2.30 bits per heavy atom. The van der Waals surface area contributed by atoms with Crippen LogP contribution in [0.15, 0.2) is 54.7 Å². The molecule has 0 saturated carbocycles. The lowest BCUT2D eigenvalue weighted by atomic mass is 9.94. The van der Waals surface area contributed by atoms with E-state index in [1.807, 2.05) is 26.0 Å². The first-order chi connectivity index (χ1) is 14.3. The second kappa shape index (κ2) is 9.38. The van der Waals surface area contributed by atoms with Crippen LogP contribution in [0.25, 0.3) is 0 Å². The maximum absolute atomic E-state index is 15.1. The van der Waals surface area contributed by atoms with Gasteiger partial charge >= 0.3 is 0 Å². The third-order valence-corrected chi connectivity index (χ3v) is 5.40. The summed E-state index contributed by atoms with van der Waals surface area (Å²) in [5, 5.41) is 0. The van der Waals surface area contributed by atoms with Crippen molar-refractivity contribution in [2.75, 3.05) is 0 Å². The zero-order valence-corrected chi connectivity index (χ0v) is 17.6. The number of ether oxygens (including phenoxy) is 1. The van der Waals surface area contributed by atoms with Crippen LogP contribution in [0.2, 0.25) is 0 Å². The molecule has 1 aliphatic rings. The van der Waals surface area contributed by atoms with Crippen LogP contribution in [0.1, 0.15) is 55.4 Å². The minimum atomic E-state index is -1.04. The smallest absolute Gasteiger partial charge is 0.201 e. The van der Waals surface area contributed by atoms with Gasteiger partial charge in [-0.2, -0.15) is 4.39 Å². The van der Waals surface area contributed by atoms with Crippen LogP contribution in [0, 0.1) is 17.5 Å². The van der Waals surface area contributed by atoms with Gasteiger partial charge in [0.1, 0.15) is 0 Å². The molecule has 0 atom stereocenters. The van der Waals surface area contributed by atoms with Gasteiger partial charge in [-0.05, 0) is 42.9 Å². The molecule has 0 aliphatic carbocycles. The molecule has 0 saturated heterocycles. The van der Waals surface area contributed by atoms with Crippen molar-refractivity contribution in [1.29, 1.82) is 0 Å². The summed E-state index contributed by atoms with van der Waals surface area (Å²) in [5.74, 6) is -2.69. The van der Waals surface area contributed by atoms with E-state index in [9.17, 15) is 8.78 Å². The minimum absolute atomic E-state index is 0.0120. The standard InChI is InChI=1S/C26H27F3O/c1-5-7-19-14-21-15-20-13-12-18(11-10-17(4)9-8-16(3)6-2)23(28)25(20)30-26(21)24(29)22(19)27/h8-9,12-14H,3-7,10-11,15H2,1-2H3/b9-8-. The summed E-state index contributed by atoms with van der Waals surface area (Å²) in [6.07, 6.45) is 7.13. The van der Waals surface area contributed by atoms with E-state index in [1.165, 1.54) is 0 Å².